The molecule has 0 saturated heterocycles. The highest BCUT2D eigenvalue weighted by molar-refractivity contribution is 6.04. The van der Waals surface area contributed by atoms with Crippen molar-refractivity contribution in [2.24, 2.45) is 0 Å². The van der Waals surface area contributed by atoms with Crippen LogP contribution in [0.4, 0.5) is 4.79 Å². The Morgan fingerprint density at radius 2 is 2.00 bits per heavy atom. The van der Waals surface area contributed by atoms with Gasteiger partial charge < -0.3 is 20.3 Å². The molecule has 4 rings (SSSR count). The lowest BCUT2D eigenvalue weighted by Crippen LogP contribution is -2.44. The Hall–Kier alpha value is -3.79. The van der Waals surface area contributed by atoms with E-state index < -0.39 is 5.60 Å². The summed E-state index contributed by atoms with van der Waals surface area (Å²) in [6, 6.07) is 14.5. The first-order chi connectivity index (χ1) is 14.4. The standard InChI is InChI=1S/C23H22N4O3/c1-23(2)18(12-26-22(29)25-3)20(17-10-14(11-24)8-9-19(17)30-23)27-13-15-6-4-5-7-16(15)21(27)28/h4-10H,12-13H2,1-3H3,(H2,25,26,29). The van der Waals surface area contributed by atoms with Crippen molar-refractivity contribution in [1.29, 1.82) is 5.26 Å². The predicted octanol–water partition coefficient (Wildman–Crippen LogP) is 3.03. The van der Waals surface area contributed by atoms with Crippen LogP contribution in [0.2, 0.25) is 0 Å². The quantitative estimate of drug-likeness (QED) is 0.825. The second-order valence-electron chi connectivity index (χ2n) is 7.74. The Morgan fingerprint density at radius 1 is 1.23 bits per heavy atom. The van der Waals surface area contributed by atoms with Crippen molar-refractivity contribution in [1.82, 2.24) is 15.5 Å². The van der Waals surface area contributed by atoms with Gasteiger partial charge in [0.25, 0.3) is 5.91 Å². The largest absolute Gasteiger partial charge is 0.483 e. The van der Waals surface area contributed by atoms with Crippen molar-refractivity contribution < 1.29 is 14.3 Å². The molecule has 152 valence electrons. The van der Waals surface area contributed by atoms with Crippen LogP contribution in [0.15, 0.2) is 48.0 Å². The zero-order valence-electron chi connectivity index (χ0n) is 17.1. The Morgan fingerprint density at radius 3 is 2.70 bits per heavy atom. The summed E-state index contributed by atoms with van der Waals surface area (Å²) in [5, 5.41) is 14.8. The fourth-order valence-electron chi connectivity index (χ4n) is 3.95. The van der Waals surface area contributed by atoms with Crippen molar-refractivity contribution >= 4 is 17.6 Å². The minimum atomic E-state index is -0.771. The number of benzene rings is 2. The van der Waals surface area contributed by atoms with E-state index >= 15 is 0 Å². The zero-order chi connectivity index (χ0) is 21.5. The molecule has 0 fully saturated rings. The molecule has 0 saturated carbocycles. The van der Waals surface area contributed by atoms with E-state index in [1.165, 1.54) is 0 Å². The van der Waals surface area contributed by atoms with Crippen LogP contribution in [0, 0.1) is 11.3 Å². The fraction of sp³-hybridized carbons (Fsp3) is 0.261. The van der Waals surface area contributed by atoms with Gasteiger partial charge in [-0.15, -0.1) is 0 Å². The number of carbonyl (C=O) groups is 2. The van der Waals surface area contributed by atoms with E-state index in [4.69, 9.17) is 4.74 Å². The zero-order valence-corrected chi connectivity index (χ0v) is 17.1. The Labute approximate surface area is 174 Å². The number of nitrogens with one attached hydrogen (secondary N) is 2. The van der Waals surface area contributed by atoms with Crippen LogP contribution < -0.4 is 15.4 Å². The van der Waals surface area contributed by atoms with Gasteiger partial charge in [-0.3, -0.25) is 4.79 Å². The summed E-state index contributed by atoms with van der Waals surface area (Å²) in [5.74, 6) is 0.491. The maximum atomic E-state index is 13.3. The Balaban J connectivity index is 1.90. The molecule has 0 aromatic heterocycles. The summed E-state index contributed by atoms with van der Waals surface area (Å²) in [7, 11) is 1.54. The van der Waals surface area contributed by atoms with Gasteiger partial charge in [0.1, 0.15) is 11.4 Å². The van der Waals surface area contributed by atoms with Gasteiger partial charge in [0.2, 0.25) is 0 Å². The summed E-state index contributed by atoms with van der Waals surface area (Å²) in [5.41, 5.74) is 3.40. The first kappa shape index (κ1) is 19.5. The molecule has 0 aliphatic carbocycles. The molecule has 2 aliphatic rings. The smallest absolute Gasteiger partial charge is 0.314 e. The van der Waals surface area contributed by atoms with Crippen LogP contribution in [-0.2, 0) is 6.54 Å². The van der Waals surface area contributed by atoms with E-state index in [-0.39, 0.29) is 18.5 Å². The molecule has 0 spiro atoms. The van der Waals surface area contributed by atoms with Crippen LogP contribution in [0.25, 0.3) is 5.70 Å². The highest BCUT2D eigenvalue weighted by Gasteiger charge is 2.41. The van der Waals surface area contributed by atoms with Gasteiger partial charge in [0.05, 0.1) is 23.9 Å². The molecule has 3 amide bonds. The van der Waals surface area contributed by atoms with Crippen molar-refractivity contribution in [3.05, 3.63) is 70.3 Å². The monoisotopic (exact) mass is 402 g/mol. The minimum absolute atomic E-state index is 0.107. The number of nitrogens with zero attached hydrogens (tertiary/aromatic N) is 2. The SMILES string of the molecule is CNC(=O)NCC1=C(N2Cc3ccccc3C2=O)c2cc(C#N)ccc2OC1(C)C. The van der Waals surface area contributed by atoms with Gasteiger partial charge in [0, 0.05) is 30.3 Å². The molecule has 0 atom stereocenters. The van der Waals surface area contributed by atoms with Gasteiger partial charge in [-0.25, -0.2) is 4.79 Å². The number of hydrogen-bond acceptors (Lipinski definition) is 4. The van der Waals surface area contributed by atoms with E-state index in [0.717, 1.165) is 11.1 Å². The van der Waals surface area contributed by atoms with Crippen molar-refractivity contribution in [2.45, 2.75) is 26.0 Å². The molecule has 7 heteroatoms. The van der Waals surface area contributed by atoms with Gasteiger partial charge >= 0.3 is 6.03 Å². The molecular weight excluding hydrogens is 380 g/mol. The summed E-state index contributed by atoms with van der Waals surface area (Å²) in [6.45, 7) is 4.42. The molecule has 0 unspecified atom stereocenters. The Bertz CT molecular complexity index is 1130. The molecular formula is C23H22N4O3. The van der Waals surface area contributed by atoms with Crippen molar-refractivity contribution in [3.8, 4) is 11.8 Å². The molecule has 30 heavy (non-hydrogen) atoms. The van der Waals surface area contributed by atoms with Crippen molar-refractivity contribution in [2.75, 3.05) is 13.6 Å². The number of carbonyl (C=O) groups excluding carboxylic acids is 2. The maximum absolute atomic E-state index is 13.3. The van der Waals surface area contributed by atoms with E-state index in [2.05, 4.69) is 16.7 Å². The number of fused-ring (bicyclic) bond motifs is 2. The van der Waals surface area contributed by atoms with Crippen LogP contribution in [0.1, 0.15) is 40.9 Å². The number of ether oxygens (including phenoxy) is 1. The topological polar surface area (TPSA) is 94.5 Å². The lowest BCUT2D eigenvalue weighted by Gasteiger charge is -2.39. The molecule has 2 aromatic carbocycles. The molecule has 2 heterocycles. The molecule has 2 N–H and O–H groups in total. The van der Waals surface area contributed by atoms with Gasteiger partial charge in [-0.05, 0) is 43.7 Å². The van der Waals surface area contributed by atoms with Crippen LogP contribution in [-0.4, -0.2) is 36.0 Å². The Kier molecular flexibility index (Phi) is 4.70. The first-order valence-electron chi connectivity index (χ1n) is 9.68. The molecule has 7 nitrogen and oxygen atoms in total. The van der Waals surface area contributed by atoms with Gasteiger partial charge in [0.15, 0.2) is 0 Å². The highest BCUT2D eigenvalue weighted by atomic mass is 16.5. The van der Waals surface area contributed by atoms with Gasteiger partial charge in [-0.1, -0.05) is 18.2 Å². The summed E-state index contributed by atoms with van der Waals surface area (Å²) in [6.07, 6.45) is 0. The van der Waals surface area contributed by atoms with Gasteiger partial charge in [-0.2, -0.15) is 5.26 Å². The summed E-state index contributed by atoms with van der Waals surface area (Å²) in [4.78, 5) is 26.9. The average Bonchev–Trinajstić information content (AvgIpc) is 3.07. The summed E-state index contributed by atoms with van der Waals surface area (Å²) >= 11 is 0. The lowest BCUT2D eigenvalue weighted by molar-refractivity contribution is 0.0843. The predicted molar refractivity (Wildman–Crippen MR) is 112 cm³/mol. The molecule has 2 aliphatic heterocycles. The lowest BCUT2D eigenvalue weighted by atomic mass is 9.88. The van der Waals surface area contributed by atoms with Crippen molar-refractivity contribution in [3.63, 3.8) is 0 Å². The maximum Gasteiger partial charge on any atom is 0.314 e. The minimum Gasteiger partial charge on any atom is -0.483 e. The van der Waals surface area contributed by atoms with Crippen LogP contribution in [0.3, 0.4) is 0 Å². The van der Waals surface area contributed by atoms with E-state index in [9.17, 15) is 14.9 Å². The fourth-order valence-corrected chi connectivity index (χ4v) is 3.95. The second-order valence-corrected chi connectivity index (χ2v) is 7.74. The molecule has 2 aromatic rings. The molecule has 0 radical (unpaired) electrons. The van der Waals surface area contributed by atoms with E-state index in [0.29, 0.717) is 34.7 Å². The van der Waals surface area contributed by atoms with E-state index in [1.807, 2.05) is 38.1 Å². The number of rotatable bonds is 3. The number of hydrogen-bond donors (Lipinski definition) is 2. The number of nitriles is 1. The third-order valence-corrected chi connectivity index (χ3v) is 5.49. The number of amides is 3. The third kappa shape index (κ3) is 3.16. The summed E-state index contributed by atoms with van der Waals surface area (Å²) < 4.78 is 6.22. The highest BCUT2D eigenvalue weighted by Crippen LogP contribution is 2.44. The normalized spacial score (nSPS) is 16.3. The molecule has 0 bridgehead atoms. The first-order valence-corrected chi connectivity index (χ1v) is 9.68. The van der Waals surface area contributed by atoms with Crippen LogP contribution >= 0.6 is 0 Å². The van der Waals surface area contributed by atoms with E-state index in [1.54, 1.807) is 30.1 Å². The average molecular weight is 402 g/mol. The van der Waals surface area contributed by atoms with Crippen LogP contribution in [0.5, 0.6) is 5.75 Å². The third-order valence-electron chi connectivity index (χ3n) is 5.49. The second kappa shape index (κ2) is 7.23. The number of urea groups is 1.